The summed E-state index contributed by atoms with van der Waals surface area (Å²) in [6.45, 7) is 2.25. The van der Waals surface area contributed by atoms with Crippen LogP contribution in [-0.4, -0.2) is 59.0 Å². The Bertz CT molecular complexity index is 508. The number of amides is 3. The van der Waals surface area contributed by atoms with Crippen LogP contribution in [-0.2, 0) is 19.2 Å². The van der Waals surface area contributed by atoms with Gasteiger partial charge in [0.05, 0.1) is 0 Å². The average molecular weight is 373 g/mol. The third-order valence-corrected chi connectivity index (χ3v) is 3.42. The summed E-state index contributed by atoms with van der Waals surface area (Å²) in [5, 5.41) is 24.9. The molecule has 5 N–H and O–H groups in total. The van der Waals surface area contributed by atoms with Crippen LogP contribution in [0.15, 0.2) is 0 Å². The van der Waals surface area contributed by atoms with Crippen molar-refractivity contribution in [3.63, 3.8) is 0 Å². The smallest absolute Gasteiger partial charge is 0.326 e. The highest BCUT2D eigenvalue weighted by atomic mass is 16.4. The van der Waals surface area contributed by atoms with Gasteiger partial charge in [-0.15, -0.1) is 0 Å². The Kier molecular flexibility index (Phi) is 12.2. The third-order valence-electron chi connectivity index (χ3n) is 3.42. The number of Topliss-reactive ketones (excluding diaryl/α,β-unsaturated/α-hetero) is 1. The normalized spacial score (nSPS) is 11.3. The van der Waals surface area contributed by atoms with Crippen molar-refractivity contribution >= 4 is 29.7 Å². The van der Waals surface area contributed by atoms with Crippen molar-refractivity contribution in [1.82, 2.24) is 16.0 Å². The van der Waals surface area contributed by atoms with Crippen LogP contribution >= 0.6 is 0 Å². The molecule has 0 rings (SSSR count). The fourth-order valence-corrected chi connectivity index (χ4v) is 1.97. The number of carbonyl (C=O) groups excluding carboxylic acids is 3. The second kappa shape index (κ2) is 13.6. The molecule has 0 saturated carbocycles. The summed E-state index contributed by atoms with van der Waals surface area (Å²) >= 11 is 0. The van der Waals surface area contributed by atoms with Crippen molar-refractivity contribution in [3.8, 4) is 0 Å². The second-order valence-electron chi connectivity index (χ2n) is 5.84. The predicted octanol–water partition coefficient (Wildman–Crippen LogP) is 0.259. The van der Waals surface area contributed by atoms with E-state index in [0.29, 0.717) is 25.9 Å². The quantitative estimate of drug-likeness (QED) is 0.273. The highest BCUT2D eigenvalue weighted by Crippen LogP contribution is 1.98. The maximum absolute atomic E-state index is 11.6. The van der Waals surface area contributed by atoms with Crippen molar-refractivity contribution in [2.24, 2.45) is 0 Å². The summed E-state index contributed by atoms with van der Waals surface area (Å²) in [6, 6.07) is -1.92. The molecule has 10 heteroatoms. The fourth-order valence-electron chi connectivity index (χ4n) is 1.97. The van der Waals surface area contributed by atoms with Gasteiger partial charge in [-0.1, -0.05) is 0 Å². The zero-order valence-electron chi connectivity index (χ0n) is 14.9. The van der Waals surface area contributed by atoms with E-state index in [1.165, 1.54) is 6.92 Å². The number of aliphatic carboxylic acids is 2. The van der Waals surface area contributed by atoms with E-state index in [9.17, 15) is 24.0 Å². The number of carboxylic acids is 2. The molecule has 0 unspecified atom stereocenters. The highest BCUT2D eigenvalue weighted by molar-refractivity contribution is 5.83. The van der Waals surface area contributed by atoms with Crippen molar-refractivity contribution in [2.45, 2.75) is 57.9 Å². The fraction of sp³-hybridized carbons (Fsp3) is 0.688. The number of unbranched alkanes of at least 4 members (excludes halogenated alkanes) is 2. The molecule has 0 aliphatic rings. The van der Waals surface area contributed by atoms with Gasteiger partial charge in [0, 0.05) is 32.4 Å². The molecular formula is C16H27N3O7. The minimum absolute atomic E-state index is 0.0300. The summed E-state index contributed by atoms with van der Waals surface area (Å²) in [5.74, 6) is -2.62. The monoisotopic (exact) mass is 373 g/mol. The number of hydrogen-bond donors (Lipinski definition) is 5. The van der Waals surface area contributed by atoms with E-state index in [1.807, 2.05) is 0 Å². The lowest BCUT2D eigenvalue weighted by molar-refractivity contribution is -0.140. The molecule has 0 spiro atoms. The van der Waals surface area contributed by atoms with E-state index in [1.54, 1.807) is 0 Å². The van der Waals surface area contributed by atoms with E-state index in [2.05, 4.69) is 16.0 Å². The van der Waals surface area contributed by atoms with Crippen LogP contribution in [0.1, 0.15) is 51.9 Å². The van der Waals surface area contributed by atoms with Gasteiger partial charge in [-0.3, -0.25) is 9.59 Å². The van der Waals surface area contributed by atoms with Crippen molar-refractivity contribution < 1.29 is 34.2 Å². The van der Waals surface area contributed by atoms with Gasteiger partial charge in [-0.05, 0) is 32.6 Å². The molecule has 1 atom stereocenters. The van der Waals surface area contributed by atoms with E-state index in [0.717, 1.165) is 6.42 Å². The van der Waals surface area contributed by atoms with Crippen molar-refractivity contribution in [1.29, 1.82) is 0 Å². The van der Waals surface area contributed by atoms with Gasteiger partial charge in [-0.2, -0.15) is 0 Å². The molecule has 0 aromatic rings. The minimum atomic E-state index is -1.29. The van der Waals surface area contributed by atoms with Crippen LogP contribution in [0.4, 0.5) is 4.79 Å². The Morgan fingerprint density at radius 3 is 2.00 bits per heavy atom. The van der Waals surface area contributed by atoms with Crippen LogP contribution in [0.5, 0.6) is 0 Å². The molecule has 26 heavy (non-hydrogen) atoms. The Hall–Kier alpha value is -2.65. The van der Waals surface area contributed by atoms with Crippen LogP contribution in [0.3, 0.4) is 0 Å². The topological polar surface area (TPSA) is 162 Å². The molecule has 0 heterocycles. The van der Waals surface area contributed by atoms with E-state index < -0.39 is 24.0 Å². The molecule has 0 aromatic carbocycles. The van der Waals surface area contributed by atoms with E-state index in [-0.39, 0.29) is 37.4 Å². The molecule has 0 aromatic heterocycles. The maximum atomic E-state index is 11.6. The molecule has 148 valence electrons. The number of nitrogens with one attached hydrogen (secondary N) is 3. The zero-order valence-corrected chi connectivity index (χ0v) is 14.9. The van der Waals surface area contributed by atoms with Gasteiger partial charge in [0.1, 0.15) is 11.8 Å². The lowest BCUT2D eigenvalue weighted by atomic mass is 10.1. The molecule has 0 saturated heterocycles. The SMILES string of the molecule is CC(=O)CCC(=O)NCCCCCNC(=O)N[C@@H](CCC(=O)O)C(=O)O. The van der Waals surface area contributed by atoms with Gasteiger partial charge < -0.3 is 31.0 Å². The Balaban J connectivity index is 3.75. The van der Waals surface area contributed by atoms with Gasteiger partial charge >= 0.3 is 18.0 Å². The lowest BCUT2D eigenvalue weighted by Crippen LogP contribution is -2.46. The molecule has 3 amide bonds. The number of hydrogen-bond acceptors (Lipinski definition) is 5. The van der Waals surface area contributed by atoms with Crippen LogP contribution in [0, 0.1) is 0 Å². The zero-order chi connectivity index (χ0) is 19.9. The summed E-state index contributed by atoms with van der Waals surface area (Å²) in [7, 11) is 0. The number of carboxylic acid groups (broad SMARTS) is 2. The van der Waals surface area contributed by atoms with E-state index >= 15 is 0 Å². The summed E-state index contributed by atoms with van der Waals surface area (Å²) in [6.07, 6.45) is 1.97. The minimum Gasteiger partial charge on any atom is -0.481 e. The number of urea groups is 1. The lowest BCUT2D eigenvalue weighted by Gasteiger charge is -2.14. The largest absolute Gasteiger partial charge is 0.481 e. The summed E-state index contributed by atoms with van der Waals surface area (Å²) in [5.41, 5.74) is 0. The van der Waals surface area contributed by atoms with Crippen LogP contribution < -0.4 is 16.0 Å². The Morgan fingerprint density at radius 1 is 0.846 bits per heavy atom. The molecule has 0 bridgehead atoms. The van der Waals surface area contributed by atoms with Gasteiger partial charge in [-0.25, -0.2) is 9.59 Å². The van der Waals surface area contributed by atoms with Crippen molar-refractivity contribution in [2.75, 3.05) is 13.1 Å². The van der Waals surface area contributed by atoms with Crippen molar-refractivity contribution in [3.05, 3.63) is 0 Å². The van der Waals surface area contributed by atoms with Crippen LogP contribution in [0.2, 0.25) is 0 Å². The third kappa shape index (κ3) is 13.8. The molecule has 0 aliphatic heterocycles. The first-order valence-corrected chi connectivity index (χ1v) is 8.47. The van der Waals surface area contributed by atoms with Gasteiger partial charge in [0.15, 0.2) is 0 Å². The molecule has 0 aliphatic carbocycles. The number of rotatable bonds is 14. The van der Waals surface area contributed by atoms with E-state index in [4.69, 9.17) is 10.2 Å². The maximum Gasteiger partial charge on any atom is 0.326 e. The Morgan fingerprint density at radius 2 is 1.46 bits per heavy atom. The highest BCUT2D eigenvalue weighted by Gasteiger charge is 2.20. The van der Waals surface area contributed by atoms with Crippen LogP contribution in [0.25, 0.3) is 0 Å². The Labute approximate surface area is 151 Å². The van der Waals surface area contributed by atoms with Gasteiger partial charge in [0.25, 0.3) is 0 Å². The first-order chi connectivity index (χ1) is 12.2. The molecular weight excluding hydrogens is 346 g/mol. The summed E-state index contributed by atoms with van der Waals surface area (Å²) in [4.78, 5) is 55.1. The first-order valence-electron chi connectivity index (χ1n) is 8.47. The first kappa shape index (κ1) is 23.4. The second-order valence-corrected chi connectivity index (χ2v) is 5.84. The average Bonchev–Trinajstić information content (AvgIpc) is 2.55. The molecule has 0 radical (unpaired) electrons. The predicted molar refractivity (Wildman–Crippen MR) is 91.6 cm³/mol. The number of carbonyl (C=O) groups is 5. The standard InChI is InChI=1S/C16H27N3O7/c1-11(20)5-7-13(21)17-9-3-2-4-10-18-16(26)19-12(15(24)25)6-8-14(22)23/h12H,2-10H2,1H3,(H,17,21)(H,22,23)(H,24,25)(H2,18,19,26)/t12-/m0/s1. The van der Waals surface area contributed by atoms with Gasteiger partial charge in [0.2, 0.25) is 5.91 Å². The number of ketones is 1. The molecule has 0 fully saturated rings. The molecule has 10 nitrogen and oxygen atoms in total. The summed E-state index contributed by atoms with van der Waals surface area (Å²) < 4.78 is 0.